The summed E-state index contributed by atoms with van der Waals surface area (Å²) in [7, 11) is 0. The number of Topliss-reactive ketones (excluding diaryl/α,β-unsaturated/α-hetero) is 1. The predicted molar refractivity (Wildman–Crippen MR) is 94.9 cm³/mol. The van der Waals surface area contributed by atoms with Crippen molar-refractivity contribution in [2.45, 2.75) is 51.9 Å². The van der Waals surface area contributed by atoms with Crippen LogP contribution >= 0.6 is 0 Å². The maximum absolute atomic E-state index is 12.6. The standard InChI is InChI=1S/C20H29NO3/c1-3-12-24-20(23)14(2)16-8-10-18(11-9-16)19(22)17-6-4-15(13-21)5-7-17/h8-11,14-15,17H,3-7,12-13,21H2,1-2H3. The fourth-order valence-corrected chi connectivity index (χ4v) is 3.30. The van der Waals surface area contributed by atoms with Crippen molar-refractivity contribution in [3.8, 4) is 0 Å². The van der Waals surface area contributed by atoms with Gasteiger partial charge in [0, 0.05) is 11.5 Å². The minimum Gasteiger partial charge on any atom is -0.465 e. The van der Waals surface area contributed by atoms with Gasteiger partial charge in [-0.15, -0.1) is 0 Å². The van der Waals surface area contributed by atoms with Crippen molar-refractivity contribution in [3.05, 3.63) is 35.4 Å². The molecule has 0 aliphatic heterocycles. The second-order valence-electron chi connectivity index (χ2n) is 6.83. The van der Waals surface area contributed by atoms with Crippen LogP contribution in [0.2, 0.25) is 0 Å². The third kappa shape index (κ3) is 4.67. The minimum absolute atomic E-state index is 0.116. The molecule has 0 radical (unpaired) electrons. The molecule has 4 nitrogen and oxygen atoms in total. The van der Waals surface area contributed by atoms with E-state index in [-0.39, 0.29) is 23.6 Å². The van der Waals surface area contributed by atoms with E-state index in [4.69, 9.17) is 10.5 Å². The van der Waals surface area contributed by atoms with Gasteiger partial charge in [-0.1, -0.05) is 31.2 Å². The zero-order valence-corrected chi connectivity index (χ0v) is 14.8. The lowest BCUT2D eigenvalue weighted by Gasteiger charge is -2.26. The Balaban J connectivity index is 1.96. The van der Waals surface area contributed by atoms with E-state index in [2.05, 4.69) is 0 Å². The number of benzene rings is 1. The Morgan fingerprint density at radius 1 is 1.17 bits per heavy atom. The molecule has 2 rings (SSSR count). The van der Waals surface area contributed by atoms with E-state index in [9.17, 15) is 9.59 Å². The molecule has 1 aromatic rings. The van der Waals surface area contributed by atoms with E-state index < -0.39 is 0 Å². The van der Waals surface area contributed by atoms with Crippen LogP contribution in [0.1, 0.15) is 67.8 Å². The third-order valence-electron chi connectivity index (χ3n) is 5.05. The van der Waals surface area contributed by atoms with Gasteiger partial charge in [-0.3, -0.25) is 9.59 Å². The summed E-state index contributed by atoms with van der Waals surface area (Å²) >= 11 is 0. The zero-order valence-electron chi connectivity index (χ0n) is 14.8. The van der Waals surface area contributed by atoms with Gasteiger partial charge in [0.25, 0.3) is 0 Å². The van der Waals surface area contributed by atoms with Gasteiger partial charge in [0.2, 0.25) is 0 Å². The van der Waals surface area contributed by atoms with Crippen molar-refractivity contribution in [1.82, 2.24) is 0 Å². The van der Waals surface area contributed by atoms with Crippen LogP contribution in [0.25, 0.3) is 0 Å². The molecule has 2 N–H and O–H groups in total. The van der Waals surface area contributed by atoms with Crippen molar-refractivity contribution >= 4 is 11.8 Å². The molecule has 4 heteroatoms. The Morgan fingerprint density at radius 2 is 1.79 bits per heavy atom. The first-order chi connectivity index (χ1) is 11.6. The van der Waals surface area contributed by atoms with Crippen molar-refractivity contribution in [3.63, 3.8) is 0 Å². The van der Waals surface area contributed by atoms with Crippen LogP contribution in [-0.4, -0.2) is 24.9 Å². The molecule has 0 aromatic heterocycles. The smallest absolute Gasteiger partial charge is 0.313 e. The number of rotatable bonds is 7. The molecule has 1 unspecified atom stereocenters. The largest absolute Gasteiger partial charge is 0.465 e. The lowest BCUT2D eigenvalue weighted by Crippen LogP contribution is -2.25. The summed E-state index contributed by atoms with van der Waals surface area (Å²) in [6, 6.07) is 7.43. The van der Waals surface area contributed by atoms with E-state index in [1.54, 1.807) is 0 Å². The van der Waals surface area contributed by atoms with E-state index in [0.29, 0.717) is 12.5 Å². The Hall–Kier alpha value is -1.68. The van der Waals surface area contributed by atoms with Gasteiger partial charge >= 0.3 is 5.97 Å². The molecule has 1 saturated carbocycles. The van der Waals surface area contributed by atoms with Gasteiger partial charge in [0.05, 0.1) is 12.5 Å². The monoisotopic (exact) mass is 331 g/mol. The van der Waals surface area contributed by atoms with Crippen molar-refractivity contribution in [2.75, 3.05) is 13.2 Å². The third-order valence-corrected chi connectivity index (χ3v) is 5.05. The number of carbonyl (C=O) groups excluding carboxylic acids is 2. The molecule has 0 bridgehead atoms. The van der Waals surface area contributed by atoms with E-state index in [1.807, 2.05) is 38.1 Å². The van der Waals surface area contributed by atoms with Crippen LogP contribution in [0.5, 0.6) is 0 Å². The second kappa shape index (κ2) is 8.97. The first kappa shape index (κ1) is 18.7. The fourth-order valence-electron chi connectivity index (χ4n) is 3.30. The van der Waals surface area contributed by atoms with E-state index in [1.165, 1.54) is 0 Å². The number of ether oxygens (including phenoxy) is 1. The molecule has 0 spiro atoms. The Kier molecular flexibility index (Phi) is 6.98. The van der Waals surface area contributed by atoms with E-state index >= 15 is 0 Å². The quantitative estimate of drug-likeness (QED) is 0.611. The highest BCUT2D eigenvalue weighted by molar-refractivity contribution is 5.98. The summed E-state index contributed by atoms with van der Waals surface area (Å²) in [6.45, 7) is 4.98. The van der Waals surface area contributed by atoms with Crippen LogP contribution in [0, 0.1) is 11.8 Å². The van der Waals surface area contributed by atoms with Crippen molar-refractivity contribution in [2.24, 2.45) is 17.6 Å². The number of esters is 1. The SMILES string of the molecule is CCCOC(=O)C(C)c1ccc(C(=O)C2CCC(CN)CC2)cc1. The van der Waals surface area contributed by atoms with Crippen LogP contribution in [0.4, 0.5) is 0 Å². The molecule has 1 aliphatic rings. The summed E-state index contributed by atoms with van der Waals surface area (Å²) < 4.78 is 5.18. The van der Waals surface area contributed by atoms with Crippen LogP contribution in [0.15, 0.2) is 24.3 Å². The maximum Gasteiger partial charge on any atom is 0.313 e. The summed E-state index contributed by atoms with van der Waals surface area (Å²) in [5.41, 5.74) is 7.34. The first-order valence-electron chi connectivity index (χ1n) is 9.07. The molecule has 1 atom stereocenters. The van der Waals surface area contributed by atoms with Crippen LogP contribution in [-0.2, 0) is 9.53 Å². The molecular weight excluding hydrogens is 302 g/mol. The molecule has 132 valence electrons. The highest BCUT2D eigenvalue weighted by atomic mass is 16.5. The second-order valence-corrected chi connectivity index (χ2v) is 6.83. The zero-order chi connectivity index (χ0) is 17.5. The van der Waals surface area contributed by atoms with Crippen LogP contribution < -0.4 is 5.73 Å². The molecule has 24 heavy (non-hydrogen) atoms. The summed E-state index contributed by atoms with van der Waals surface area (Å²) in [6.07, 6.45) is 4.78. The predicted octanol–water partition coefficient (Wildman–Crippen LogP) is 3.69. The lowest BCUT2D eigenvalue weighted by atomic mass is 9.78. The number of hydrogen-bond donors (Lipinski definition) is 1. The topological polar surface area (TPSA) is 69.4 Å². The number of nitrogens with two attached hydrogens (primary N) is 1. The van der Waals surface area contributed by atoms with Gasteiger partial charge in [-0.05, 0) is 57.1 Å². The number of hydrogen-bond acceptors (Lipinski definition) is 4. The molecular formula is C20H29NO3. The molecule has 0 saturated heterocycles. The van der Waals surface area contributed by atoms with Crippen molar-refractivity contribution < 1.29 is 14.3 Å². The average Bonchev–Trinajstić information content (AvgIpc) is 2.65. The summed E-state index contributed by atoms with van der Waals surface area (Å²) in [5.74, 6) is 0.395. The molecule has 1 aliphatic carbocycles. The minimum atomic E-state index is -0.305. The van der Waals surface area contributed by atoms with Gasteiger partial charge in [0.15, 0.2) is 5.78 Å². The Labute approximate surface area is 144 Å². The fraction of sp³-hybridized carbons (Fsp3) is 0.600. The molecule has 0 amide bonds. The summed E-state index contributed by atoms with van der Waals surface area (Å²) in [4.78, 5) is 24.6. The Bertz CT molecular complexity index is 545. The molecule has 0 heterocycles. The Morgan fingerprint density at radius 3 is 2.33 bits per heavy atom. The van der Waals surface area contributed by atoms with Crippen LogP contribution in [0.3, 0.4) is 0 Å². The summed E-state index contributed by atoms with van der Waals surface area (Å²) in [5, 5.41) is 0. The first-order valence-corrected chi connectivity index (χ1v) is 9.07. The van der Waals surface area contributed by atoms with Gasteiger partial charge in [-0.2, -0.15) is 0 Å². The van der Waals surface area contributed by atoms with Crippen molar-refractivity contribution in [1.29, 1.82) is 0 Å². The molecule has 1 fully saturated rings. The van der Waals surface area contributed by atoms with Gasteiger partial charge in [-0.25, -0.2) is 0 Å². The highest BCUT2D eigenvalue weighted by Gasteiger charge is 2.26. The average molecular weight is 331 g/mol. The van der Waals surface area contributed by atoms with Gasteiger partial charge < -0.3 is 10.5 Å². The normalized spacial score (nSPS) is 22.0. The molecule has 1 aromatic carbocycles. The van der Waals surface area contributed by atoms with Gasteiger partial charge in [0.1, 0.15) is 0 Å². The lowest BCUT2D eigenvalue weighted by molar-refractivity contribution is -0.145. The number of ketones is 1. The maximum atomic E-state index is 12.6. The van der Waals surface area contributed by atoms with E-state index in [0.717, 1.165) is 49.8 Å². The number of carbonyl (C=O) groups is 2. The highest BCUT2D eigenvalue weighted by Crippen LogP contribution is 2.30.